The van der Waals surface area contributed by atoms with Crippen molar-refractivity contribution in [1.29, 1.82) is 0 Å². The summed E-state index contributed by atoms with van der Waals surface area (Å²) >= 11 is 0. The van der Waals surface area contributed by atoms with Crippen molar-refractivity contribution in [3.8, 4) is 5.75 Å². The Morgan fingerprint density at radius 3 is 2.81 bits per heavy atom. The van der Waals surface area contributed by atoms with Gasteiger partial charge in [0.1, 0.15) is 24.0 Å². The molecule has 1 unspecified atom stereocenters. The fourth-order valence-electron chi connectivity index (χ4n) is 4.91. The molecular formula is C23H30N6O2. The van der Waals surface area contributed by atoms with E-state index in [1.165, 1.54) is 0 Å². The van der Waals surface area contributed by atoms with Gasteiger partial charge in [-0.15, -0.1) is 0 Å². The molecule has 3 aliphatic rings. The predicted molar refractivity (Wildman–Crippen MR) is 122 cm³/mol. The van der Waals surface area contributed by atoms with E-state index in [0.29, 0.717) is 6.54 Å². The van der Waals surface area contributed by atoms with Crippen LogP contribution in [0.4, 0.5) is 0 Å². The fraction of sp³-hybridized carbons (Fsp3) is 0.522. The van der Waals surface area contributed by atoms with Crippen LogP contribution >= 0.6 is 0 Å². The lowest BCUT2D eigenvalue weighted by Crippen LogP contribution is -2.46. The second-order valence-corrected chi connectivity index (χ2v) is 9.01. The van der Waals surface area contributed by atoms with Gasteiger partial charge < -0.3 is 14.7 Å². The van der Waals surface area contributed by atoms with Gasteiger partial charge in [-0.3, -0.25) is 15.4 Å². The van der Waals surface area contributed by atoms with Crippen LogP contribution in [0.1, 0.15) is 38.8 Å². The molecule has 1 spiro atoms. The van der Waals surface area contributed by atoms with Gasteiger partial charge in [-0.2, -0.15) is 5.10 Å². The molecule has 1 atom stereocenters. The van der Waals surface area contributed by atoms with E-state index in [2.05, 4.69) is 36.5 Å². The average Bonchev–Trinajstić information content (AvgIpc) is 3.23. The highest BCUT2D eigenvalue weighted by Crippen LogP contribution is 2.41. The number of aromatic nitrogens is 2. The third kappa shape index (κ3) is 3.85. The normalized spacial score (nSPS) is 23.4. The van der Waals surface area contributed by atoms with Crippen molar-refractivity contribution in [3.63, 3.8) is 0 Å². The number of likely N-dealkylation sites (tertiary alicyclic amines) is 1. The lowest BCUT2D eigenvalue weighted by Gasteiger charge is -2.42. The van der Waals surface area contributed by atoms with Crippen molar-refractivity contribution in [1.82, 2.24) is 20.4 Å². The molecule has 1 aromatic carbocycles. The molecule has 5 rings (SSSR count). The Bertz CT molecular complexity index is 1050. The van der Waals surface area contributed by atoms with Gasteiger partial charge in [-0.1, -0.05) is 0 Å². The Labute approximate surface area is 182 Å². The highest BCUT2D eigenvalue weighted by molar-refractivity contribution is 6.17. The van der Waals surface area contributed by atoms with Gasteiger partial charge in [0.2, 0.25) is 0 Å². The first-order valence-corrected chi connectivity index (χ1v) is 11.1. The van der Waals surface area contributed by atoms with Crippen LogP contribution in [0, 0.1) is 5.41 Å². The van der Waals surface area contributed by atoms with E-state index in [-0.39, 0.29) is 17.7 Å². The molecule has 0 radical (unpaired) electrons. The maximum atomic E-state index is 10.4. The number of aliphatic hydroxyl groups is 1. The first-order chi connectivity index (χ1) is 15.0. The lowest BCUT2D eigenvalue weighted by atomic mass is 9.76. The summed E-state index contributed by atoms with van der Waals surface area (Å²) in [6, 6.07) is 5.97. The third-order valence-corrected chi connectivity index (χ3v) is 6.69. The van der Waals surface area contributed by atoms with Gasteiger partial charge in [0.15, 0.2) is 0 Å². The standard InChI is InChI=1S/C23H30N6O2/c1-15(2)31-17-3-4-19-18(12-17)21(28-27-19)20-11-16(13-24-14-26-20)29-9-6-23(7-10-29)5-8-25-22(23)30/h3-4,11-12,14-15,22,25,30H,5-10,13H2,1-2H3,(H,27,28). The Kier molecular flexibility index (Phi) is 5.27. The molecule has 0 amide bonds. The van der Waals surface area contributed by atoms with E-state index < -0.39 is 0 Å². The number of allylic oxidation sites excluding steroid dienone is 1. The zero-order chi connectivity index (χ0) is 21.4. The third-order valence-electron chi connectivity index (χ3n) is 6.69. The molecule has 3 N–H and O–H groups in total. The number of aliphatic imine (C=N–C) groups is 2. The van der Waals surface area contributed by atoms with Crippen LogP contribution in [0.3, 0.4) is 0 Å². The minimum absolute atomic E-state index is 0.0210. The number of nitrogens with one attached hydrogen (secondary N) is 2. The highest BCUT2D eigenvalue weighted by Gasteiger charge is 2.44. The Morgan fingerprint density at radius 2 is 2.06 bits per heavy atom. The molecule has 0 aliphatic carbocycles. The second-order valence-electron chi connectivity index (χ2n) is 9.01. The van der Waals surface area contributed by atoms with E-state index in [1.54, 1.807) is 6.34 Å². The number of fused-ring (bicyclic) bond motifs is 1. The molecule has 2 saturated heterocycles. The SMILES string of the molecule is CC(C)Oc1ccc2[nH]nc(C3=NC=NCC(N4CCC5(CCNC5O)CC4)=C3)c2c1. The summed E-state index contributed by atoms with van der Waals surface area (Å²) in [5.41, 5.74) is 3.72. The minimum Gasteiger partial charge on any atom is -0.491 e. The molecule has 0 bridgehead atoms. The lowest BCUT2D eigenvalue weighted by molar-refractivity contribution is -0.00432. The predicted octanol–water partition coefficient (Wildman–Crippen LogP) is 2.46. The first-order valence-electron chi connectivity index (χ1n) is 11.1. The largest absolute Gasteiger partial charge is 0.491 e. The van der Waals surface area contributed by atoms with Gasteiger partial charge in [-0.05, 0) is 63.9 Å². The molecule has 164 valence electrons. The van der Waals surface area contributed by atoms with Crippen molar-refractivity contribution in [2.45, 2.75) is 45.4 Å². The van der Waals surface area contributed by atoms with Crippen LogP contribution in [0.2, 0.25) is 0 Å². The number of piperidine rings is 1. The molecule has 2 fully saturated rings. The minimum atomic E-state index is -0.384. The maximum absolute atomic E-state index is 10.4. The zero-order valence-corrected chi connectivity index (χ0v) is 18.1. The number of ether oxygens (including phenoxy) is 1. The van der Waals surface area contributed by atoms with E-state index in [0.717, 1.165) is 72.7 Å². The number of aromatic amines is 1. The van der Waals surface area contributed by atoms with E-state index in [4.69, 9.17) is 4.74 Å². The Morgan fingerprint density at radius 1 is 1.23 bits per heavy atom. The topological polar surface area (TPSA) is 98.1 Å². The molecule has 4 heterocycles. The van der Waals surface area contributed by atoms with Crippen LogP contribution in [-0.4, -0.2) is 70.8 Å². The number of rotatable bonds is 4. The number of hydrogen-bond donors (Lipinski definition) is 3. The summed E-state index contributed by atoms with van der Waals surface area (Å²) in [7, 11) is 0. The van der Waals surface area contributed by atoms with Crippen LogP contribution in [0.5, 0.6) is 5.75 Å². The van der Waals surface area contributed by atoms with Crippen molar-refractivity contribution in [2.24, 2.45) is 15.4 Å². The monoisotopic (exact) mass is 422 g/mol. The van der Waals surface area contributed by atoms with E-state index in [1.807, 2.05) is 32.0 Å². The molecule has 3 aliphatic heterocycles. The summed E-state index contributed by atoms with van der Waals surface area (Å²) in [6.07, 6.45) is 6.48. The molecule has 31 heavy (non-hydrogen) atoms. The Hall–Kier alpha value is -2.71. The van der Waals surface area contributed by atoms with Gasteiger partial charge in [0, 0.05) is 29.6 Å². The molecule has 8 heteroatoms. The van der Waals surface area contributed by atoms with Gasteiger partial charge >= 0.3 is 0 Å². The van der Waals surface area contributed by atoms with Crippen molar-refractivity contribution in [2.75, 3.05) is 26.2 Å². The number of H-pyrrole nitrogens is 1. The van der Waals surface area contributed by atoms with E-state index in [9.17, 15) is 5.11 Å². The van der Waals surface area contributed by atoms with Crippen molar-refractivity contribution < 1.29 is 9.84 Å². The number of hydrogen-bond acceptors (Lipinski definition) is 7. The number of nitrogens with zero attached hydrogens (tertiary/aromatic N) is 4. The summed E-state index contributed by atoms with van der Waals surface area (Å²) in [5.74, 6) is 0.822. The summed E-state index contributed by atoms with van der Waals surface area (Å²) in [6.45, 7) is 7.38. The second kappa shape index (κ2) is 8.09. The number of benzene rings is 1. The highest BCUT2D eigenvalue weighted by atomic mass is 16.5. The molecule has 0 saturated carbocycles. The van der Waals surface area contributed by atoms with Crippen molar-refractivity contribution in [3.05, 3.63) is 35.7 Å². The molecule has 2 aromatic rings. The van der Waals surface area contributed by atoms with E-state index >= 15 is 0 Å². The zero-order valence-electron chi connectivity index (χ0n) is 18.1. The molecular weight excluding hydrogens is 392 g/mol. The quantitative estimate of drug-likeness (QED) is 0.703. The average molecular weight is 423 g/mol. The Balaban J connectivity index is 1.40. The summed E-state index contributed by atoms with van der Waals surface area (Å²) in [4.78, 5) is 11.5. The maximum Gasteiger partial charge on any atom is 0.120 e. The summed E-state index contributed by atoms with van der Waals surface area (Å²) < 4.78 is 5.87. The van der Waals surface area contributed by atoms with Gasteiger partial charge in [-0.25, -0.2) is 4.99 Å². The number of aliphatic hydroxyl groups excluding tert-OH is 1. The van der Waals surface area contributed by atoms with Gasteiger partial charge in [0.05, 0.1) is 23.9 Å². The summed E-state index contributed by atoms with van der Waals surface area (Å²) in [5, 5.41) is 22.2. The first kappa shape index (κ1) is 20.2. The van der Waals surface area contributed by atoms with Crippen LogP contribution < -0.4 is 10.1 Å². The fourth-order valence-corrected chi connectivity index (χ4v) is 4.91. The van der Waals surface area contributed by atoms with Crippen molar-refractivity contribution >= 4 is 23.0 Å². The van der Waals surface area contributed by atoms with Crippen LogP contribution in [0.25, 0.3) is 10.9 Å². The van der Waals surface area contributed by atoms with Crippen LogP contribution in [-0.2, 0) is 0 Å². The van der Waals surface area contributed by atoms with Gasteiger partial charge in [0.25, 0.3) is 0 Å². The van der Waals surface area contributed by atoms with Crippen LogP contribution in [0.15, 0.2) is 40.0 Å². The molecule has 8 nitrogen and oxygen atoms in total. The molecule has 1 aromatic heterocycles. The smallest absolute Gasteiger partial charge is 0.120 e.